The van der Waals surface area contributed by atoms with E-state index in [-0.39, 0.29) is 23.5 Å². The number of allylic oxidation sites excluding steroid dienone is 1. The van der Waals surface area contributed by atoms with Crippen LogP contribution >= 0.6 is 0 Å². The molecule has 0 radical (unpaired) electrons. The van der Waals surface area contributed by atoms with Crippen LogP contribution in [0.3, 0.4) is 0 Å². The van der Waals surface area contributed by atoms with E-state index in [9.17, 15) is 9.59 Å². The van der Waals surface area contributed by atoms with Gasteiger partial charge >= 0.3 is 0 Å². The first-order chi connectivity index (χ1) is 17.9. The number of Topliss-reactive ketones (excluding diaryl/α,β-unsaturated/α-hetero) is 1. The van der Waals surface area contributed by atoms with Crippen molar-refractivity contribution >= 4 is 23.1 Å². The molecule has 2 aliphatic rings. The summed E-state index contributed by atoms with van der Waals surface area (Å²) >= 11 is 0. The lowest BCUT2D eigenvalue weighted by Gasteiger charge is -2.36. The summed E-state index contributed by atoms with van der Waals surface area (Å²) in [6, 6.07) is 22.8. The van der Waals surface area contributed by atoms with Gasteiger partial charge in [-0.1, -0.05) is 50.2 Å². The molecule has 1 heterocycles. The maximum absolute atomic E-state index is 14.0. The number of amides is 1. The van der Waals surface area contributed by atoms with Crippen LogP contribution < -0.4 is 19.7 Å². The normalized spacial score (nSPS) is 19.1. The standard InChI is InChI=1S/C31H32N2O4/c1-19(2)31(35)33-27-11-6-5-10-25(27)32-26-17-22(20-12-14-23(36-3)15-13-20)18-28(34)29(26)30(33)21-8-7-9-24(16-21)37-4/h5-16,19,22,30,32H,17-18H2,1-4H3/t22-,30-/m1/s1. The molecule has 6 nitrogen and oxygen atoms in total. The van der Waals surface area contributed by atoms with Crippen molar-refractivity contribution in [2.24, 2.45) is 5.92 Å². The highest BCUT2D eigenvalue weighted by atomic mass is 16.5. The second-order valence-electron chi connectivity index (χ2n) is 9.88. The second kappa shape index (κ2) is 10.1. The van der Waals surface area contributed by atoms with E-state index in [2.05, 4.69) is 5.32 Å². The Kier molecular flexibility index (Phi) is 6.74. The van der Waals surface area contributed by atoms with Crippen molar-refractivity contribution in [2.75, 3.05) is 24.4 Å². The predicted octanol–water partition coefficient (Wildman–Crippen LogP) is 6.26. The lowest BCUT2D eigenvalue weighted by molar-refractivity contribution is -0.121. The molecule has 6 heteroatoms. The highest BCUT2D eigenvalue weighted by Gasteiger charge is 2.42. The van der Waals surface area contributed by atoms with E-state index in [4.69, 9.17) is 9.47 Å². The Bertz CT molecular complexity index is 1360. The third kappa shape index (κ3) is 4.59. The smallest absolute Gasteiger partial charge is 0.230 e. The molecule has 2 atom stereocenters. The molecule has 0 spiro atoms. The van der Waals surface area contributed by atoms with E-state index in [1.165, 1.54) is 0 Å². The molecule has 0 aromatic heterocycles. The zero-order valence-corrected chi connectivity index (χ0v) is 21.7. The Morgan fingerprint density at radius 2 is 1.62 bits per heavy atom. The summed E-state index contributed by atoms with van der Waals surface area (Å²) in [5, 5.41) is 3.58. The van der Waals surface area contributed by atoms with Gasteiger partial charge in [0.25, 0.3) is 0 Å². The maximum Gasteiger partial charge on any atom is 0.230 e. The van der Waals surface area contributed by atoms with Gasteiger partial charge in [-0.3, -0.25) is 14.5 Å². The number of rotatable bonds is 5. The Morgan fingerprint density at radius 1 is 0.892 bits per heavy atom. The number of benzene rings is 3. The molecular formula is C31H32N2O4. The quantitative estimate of drug-likeness (QED) is 0.452. The van der Waals surface area contributed by atoms with Crippen LogP contribution in [0.4, 0.5) is 11.4 Å². The number of ketones is 1. The highest BCUT2D eigenvalue weighted by molar-refractivity contribution is 6.06. The van der Waals surface area contributed by atoms with Gasteiger partial charge in [-0.25, -0.2) is 0 Å². The van der Waals surface area contributed by atoms with Gasteiger partial charge < -0.3 is 14.8 Å². The molecule has 1 amide bonds. The molecule has 3 aromatic rings. The summed E-state index contributed by atoms with van der Waals surface area (Å²) in [5.41, 5.74) is 5.01. The van der Waals surface area contributed by atoms with Crippen LogP contribution in [-0.2, 0) is 9.59 Å². The van der Waals surface area contributed by atoms with Crippen molar-refractivity contribution in [1.82, 2.24) is 0 Å². The number of carbonyl (C=O) groups excluding carboxylic acids is 2. The highest BCUT2D eigenvalue weighted by Crippen LogP contribution is 2.48. The largest absolute Gasteiger partial charge is 0.497 e. The number of ether oxygens (including phenoxy) is 2. The number of methoxy groups -OCH3 is 2. The van der Waals surface area contributed by atoms with Crippen LogP contribution in [-0.4, -0.2) is 25.9 Å². The van der Waals surface area contributed by atoms with Crippen LogP contribution in [0.15, 0.2) is 84.1 Å². The minimum absolute atomic E-state index is 0.0233. The van der Waals surface area contributed by atoms with Crippen molar-refractivity contribution in [3.63, 3.8) is 0 Å². The molecule has 5 rings (SSSR count). The summed E-state index contributed by atoms with van der Waals surface area (Å²) in [6.45, 7) is 3.78. The number of hydrogen-bond acceptors (Lipinski definition) is 5. The molecule has 0 saturated heterocycles. The summed E-state index contributed by atoms with van der Waals surface area (Å²) in [7, 11) is 3.27. The molecule has 0 saturated carbocycles. The van der Waals surface area contributed by atoms with Crippen molar-refractivity contribution in [3.8, 4) is 11.5 Å². The predicted molar refractivity (Wildman–Crippen MR) is 145 cm³/mol. The van der Waals surface area contributed by atoms with Crippen LogP contribution in [0.2, 0.25) is 0 Å². The number of hydrogen-bond donors (Lipinski definition) is 1. The van der Waals surface area contributed by atoms with Crippen molar-refractivity contribution in [1.29, 1.82) is 0 Å². The molecule has 37 heavy (non-hydrogen) atoms. The first-order valence-corrected chi connectivity index (χ1v) is 12.6. The van der Waals surface area contributed by atoms with Gasteiger partial charge in [0.15, 0.2) is 5.78 Å². The Balaban J connectivity index is 1.69. The second-order valence-corrected chi connectivity index (χ2v) is 9.88. The third-order valence-electron chi connectivity index (χ3n) is 7.22. The zero-order valence-electron chi connectivity index (χ0n) is 21.7. The molecule has 1 aliphatic carbocycles. The minimum Gasteiger partial charge on any atom is -0.497 e. The maximum atomic E-state index is 14.0. The summed E-state index contributed by atoms with van der Waals surface area (Å²) in [5.74, 6) is 1.23. The Hall–Kier alpha value is -4.06. The number of carbonyl (C=O) groups is 2. The van der Waals surface area contributed by atoms with Gasteiger partial charge in [-0.15, -0.1) is 0 Å². The van der Waals surface area contributed by atoms with Crippen molar-refractivity contribution < 1.29 is 19.1 Å². The Labute approximate surface area is 217 Å². The van der Waals surface area contributed by atoms with Crippen molar-refractivity contribution in [3.05, 3.63) is 95.2 Å². The number of fused-ring (bicyclic) bond motifs is 1. The van der Waals surface area contributed by atoms with E-state index in [0.717, 1.165) is 33.9 Å². The van der Waals surface area contributed by atoms with Crippen LogP contribution in [0, 0.1) is 5.92 Å². The monoisotopic (exact) mass is 496 g/mol. The first-order valence-electron chi connectivity index (χ1n) is 12.6. The average molecular weight is 497 g/mol. The number of nitrogens with one attached hydrogen (secondary N) is 1. The van der Waals surface area contributed by atoms with Gasteiger partial charge in [0, 0.05) is 23.6 Å². The van der Waals surface area contributed by atoms with E-state index in [1.807, 2.05) is 86.6 Å². The molecule has 3 aromatic carbocycles. The molecule has 0 unspecified atom stereocenters. The van der Waals surface area contributed by atoms with E-state index in [1.54, 1.807) is 19.1 Å². The minimum atomic E-state index is -0.569. The van der Waals surface area contributed by atoms with E-state index in [0.29, 0.717) is 24.2 Å². The number of para-hydroxylation sites is 2. The Morgan fingerprint density at radius 3 is 2.32 bits per heavy atom. The fraction of sp³-hybridized carbons (Fsp3) is 0.290. The summed E-state index contributed by atoms with van der Waals surface area (Å²) in [4.78, 5) is 29.6. The zero-order chi connectivity index (χ0) is 26.1. The van der Waals surface area contributed by atoms with Crippen molar-refractivity contribution in [2.45, 2.75) is 38.6 Å². The van der Waals surface area contributed by atoms with E-state index < -0.39 is 6.04 Å². The molecule has 1 N–H and O–H groups in total. The summed E-state index contributed by atoms with van der Waals surface area (Å²) in [6.07, 6.45) is 1.03. The molecule has 0 fully saturated rings. The summed E-state index contributed by atoms with van der Waals surface area (Å²) < 4.78 is 10.8. The fourth-order valence-electron chi connectivity index (χ4n) is 5.35. The third-order valence-corrected chi connectivity index (χ3v) is 7.22. The fourth-order valence-corrected chi connectivity index (χ4v) is 5.35. The van der Waals surface area contributed by atoms with Gasteiger partial charge in [0.1, 0.15) is 11.5 Å². The molecule has 190 valence electrons. The first kappa shape index (κ1) is 24.6. The van der Waals surface area contributed by atoms with Gasteiger partial charge in [0.05, 0.1) is 31.6 Å². The SMILES string of the molecule is COc1ccc([C@H]2CC(=O)C3=C(C2)Nc2ccccc2N(C(=O)C(C)C)[C@@H]3c2cccc(OC)c2)cc1. The lowest BCUT2D eigenvalue weighted by Crippen LogP contribution is -2.40. The van der Waals surface area contributed by atoms with Gasteiger partial charge in [0.2, 0.25) is 5.91 Å². The molecule has 1 aliphatic heterocycles. The van der Waals surface area contributed by atoms with Crippen LogP contribution in [0.5, 0.6) is 11.5 Å². The van der Waals surface area contributed by atoms with E-state index >= 15 is 0 Å². The number of nitrogens with zero attached hydrogens (tertiary/aromatic N) is 1. The van der Waals surface area contributed by atoms with Gasteiger partial charge in [-0.05, 0) is 59.9 Å². The topological polar surface area (TPSA) is 67.9 Å². The number of anilines is 2. The molecule has 0 bridgehead atoms. The molecular weight excluding hydrogens is 464 g/mol. The van der Waals surface area contributed by atoms with Crippen LogP contribution in [0.25, 0.3) is 0 Å². The lowest BCUT2D eigenvalue weighted by atomic mass is 9.78. The van der Waals surface area contributed by atoms with Crippen LogP contribution in [0.1, 0.15) is 49.8 Å². The van der Waals surface area contributed by atoms with Gasteiger partial charge in [-0.2, -0.15) is 0 Å². The average Bonchev–Trinajstić information content (AvgIpc) is 3.07.